The van der Waals surface area contributed by atoms with Crippen LogP contribution in [-0.2, 0) is 6.54 Å². The minimum absolute atomic E-state index is 0.763. The third-order valence-corrected chi connectivity index (χ3v) is 4.39. The van der Waals surface area contributed by atoms with E-state index in [4.69, 9.17) is 4.52 Å². The topological polar surface area (TPSA) is 56.7 Å². The average molecular weight is 318 g/mol. The van der Waals surface area contributed by atoms with Gasteiger partial charge in [0.05, 0.1) is 17.5 Å². The molecule has 120 valence electrons. The van der Waals surface area contributed by atoms with E-state index in [9.17, 15) is 0 Å². The quantitative estimate of drug-likeness (QED) is 0.571. The zero-order valence-electron chi connectivity index (χ0n) is 13.9. The van der Waals surface area contributed by atoms with Crippen LogP contribution in [0, 0.1) is 20.8 Å². The predicted octanol–water partition coefficient (Wildman–Crippen LogP) is 4.06. The van der Waals surface area contributed by atoms with Gasteiger partial charge in [0.2, 0.25) is 0 Å². The summed E-state index contributed by atoms with van der Waals surface area (Å²) >= 11 is 0. The van der Waals surface area contributed by atoms with Crippen molar-refractivity contribution >= 4 is 11.2 Å². The highest BCUT2D eigenvalue weighted by molar-refractivity contribution is 5.84. The first-order valence-electron chi connectivity index (χ1n) is 7.92. The molecule has 0 N–H and O–H groups in total. The molecular formula is C19H18N4O. The Morgan fingerprint density at radius 1 is 1.04 bits per heavy atom. The van der Waals surface area contributed by atoms with Crippen LogP contribution in [0.25, 0.3) is 22.3 Å². The summed E-state index contributed by atoms with van der Waals surface area (Å²) in [5, 5.41) is 4.07. The highest BCUT2D eigenvalue weighted by Crippen LogP contribution is 2.32. The van der Waals surface area contributed by atoms with E-state index < -0.39 is 0 Å². The molecule has 0 amide bonds. The third-order valence-electron chi connectivity index (χ3n) is 4.39. The molecule has 4 rings (SSSR count). The minimum atomic E-state index is 0.763. The van der Waals surface area contributed by atoms with Crippen molar-refractivity contribution in [3.05, 3.63) is 65.4 Å². The normalized spacial score (nSPS) is 11.3. The summed E-state index contributed by atoms with van der Waals surface area (Å²) in [6.07, 6.45) is 3.72. The van der Waals surface area contributed by atoms with Gasteiger partial charge in [-0.2, -0.15) is 0 Å². The third kappa shape index (κ3) is 2.29. The predicted molar refractivity (Wildman–Crippen MR) is 92.8 cm³/mol. The summed E-state index contributed by atoms with van der Waals surface area (Å²) in [4.78, 5) is 9.00. The zero-order valence-corrected chi connectivity index (χ0v) is 13.9. The molecule has 0 aliphatic carbocycles. The Labute approximate surface area is 140 Å². The number of aryl methyl sites for hydroxylation is 3. The number of nitrogens with zero attached hydrogens (tertiary/aromatic N) is 4. The fraction of sp³-hybridized carbons (Fsp3) is 0.211. The SMILES string of the molecule is Cc1noc(C)c1-c1cnc2ncn(Cc3ccccc3)c2c1C. The van der Waals surface area contributed by atoms with Crippen LogP contribution in [-0.4, -0.2) is 19.7 Å². The number of hydrogen-bond donors (Lipinski definition) is 0. The summed E-state index contributed by atoms with van der Waals surface area (Å²) in [6, 6.07) is 10.4. The van der Waals surface area contributed by atoms with E-state index in [-0.39, 0.29) is 0 Å². The number of benzene rings is 1. The van der Waals surface area contributed by atoms with E-state index >= 15 is 0 Å². The number of pyridine rings is 1. The van der Waals surface area contributed by atoms with Crippen molar-refractivity contribution in [3.63, 3.8) is 0 Å². The maximum atomic E-state index is 5.32. The van der Waals surface area contributed by atoms with Gasteiger partial charge in [-0.15, -0.1) is 0 Å². The standard InChI is InChI=1S/C19H18N4O/c1-12-16(17-13(2)22-24-14(17)3)9-20-19-18(12)23(11-21-19)10-15-7-5-4-6-8-15/h4-9,11H,10H2,1-3H3. The Balaban J connectivity index is 1.88. The van der Waals surface area contributed by atoms with Crippen molar-refractivity contribution in [2.75, 3.05) is 0 Å². The van der Waals surface area contributed by atoms with E-state index in [2.05, 4.69) is 50.9 Å². The first-order valence-corrected chi connectivity index (χ1v) is 7.92. The van der Waals surface area contributed by atoms with Crippen LogP contribution in [0.15, 0.2) is 47.4 Å². The van der Waals surface area contributed by atoms with Crippen molar-refractivity contribution < 1.29 is 4.52 Å². The molecule has 0 aliphatic heterocycles. The molecule has 0 bridgehead atoms. The van der Waals surface area contributed by atoms with Gasteiger partial charge in [-0.25, -0.2) is 9.97 Å². The summed E-state index contributed by atoms with van der Waals surface area (Å²) in [5.41, 5.74) is 7.14. The van der Waals surface area contributed by atoms with Crippen molar-refractivity contribution in [1.82, 2.24) is 19.7 Å². The lowest BCUT2D eigenvalue weighted by Crippen LogP contribution is -2.00. The molecule has 5 heteroatoms. The molecule has 0 aliphatic rings. The van der Waals surface area contributed by atoms with Crippen molar-refractivity contribution in [1.29, 1.82) is 0 Å². The largest absolute Gasteiger partial charge is 0.361 e. The van der Waals surface area contributed by atoms with E-state index in [0.29, 0.717) is 0 Å². The second kappa shape index (κ2) is 5.60. The minimum Gasteiger partial charge on any atom is -0.361 e. The van der Waals surface area contributed by atoms with Gasteiger partial charge in [0, 0.05) is 23.9 Å². The van der Waals surface area contributed by atoms with Gasteiger partial charge in [-0.1, -0.05) is 35.5 Å². The first-order chi connectivity index (χ1) is 11.6. The second-order valence-corrected chi connectivity index (χ2v) is 6.03. The Morgan fingerprint density at radius 2 is 1.83 bits per heavy atom. The van der Waals surface area contributed by atoms with Crippen LogP contribution >= 0.6 is 0 Å². The van der Waals surface area contributed by atoms with Crippen LogP contribution < -0.4 is 0 Å². The molecule has 24 heavy (non-hydrogen) atoms. The first kappa shape index (κ1) is 14.6. The van der Waals surface area contributed by atoms with Crippen LogP contribution in [0.5, 0.6) is 0 Å². The Bertz CT molecular complexity index is 995. The summed E-state index contributed by atoms with van der Waals surface area (Å²) < 4.78 is 7.47. The molecular weight excluding hydrogens is 300 g/mol. The Morgan fingerprint density at radius 3 is 2.54 bits per heavy atom. The van der Waals surface area contributed by atoms with Crippen LogP contribution in [0.2, 0.25) is 0 Å². The molecule has 3 aromatic heterocycles. The molecule has 0 saturated heterocycles. The van der Waals surface area contributed by atoms with Gasteiger partial charge in [0.1, 0.15) is 5.76 Å². The van der Waals surface area contributed by atoms with Gasteiger partial charge in [-0.3, -0.25) is 0 Å². The lowest BCUT2D eigenvalue weighted by Gasteiger charge is -2.10. The van der Waals surface area contributed by atoms with Crippen molar-refractivity contribution in [3.8, 4) is 11.1 Å². The zero-order chi connectivity index (χ0) is 16.7. The Hall–Kier alpha value is -2.95. The fourth-order valence-corrected chi connectivity index (χ4v) is 3.22. The monoisotopic (exact) mass is 318 g/mol. The number of fused-ring (bicyclic) bond motifs is 1. The van der Waals surface area contributed by atoms with Gasteiger partial charge < -0.3 is 9.09 Å². The maximum absolute atomic E-state index is 5.32. The molecule has 0 unspecified atom stereocenters. The van der Waals surface area contributed by atoms with Gasteiger partial charge in [0.25, 0.3) is 0 Å². The molecule has 1 aromatic carbocycles. The fourth-order valence-electron chi connectivity index (χ4n) is 3.22. The van der Waals surface area contributed by atoms with Gasteiger partial charge in [0.15, 0.2) is 5.65 Å². The summed E-state index contributed by atoms with van der Waals surface area (Å²) in [7, 11) is 0. The van der Waals surface area contributed by atoms with E-state index in [1.807, 2.05) is 32.4 Å². The van der Waals surface area contributed by atoms with E-state index in [0.717, 1.165) is 45.9 Å². The molecule has 0 saturated carbocycles. The number of rotatable bonds is 3. The van der Waals surface area contributed by atoms with Gasteiger partial charge >= 0.3 is 0 Å². The van der Waals surface area contributed by atoms with Crippen LogP contribution in [0.3, 0.4) is 0 Å². The maximum Gasteiger partial charge on any atom is 0.177 e. The van der Waals surface area contributed by atoms with Crippen LogP contribution in [0.4, 0.5) is 0 Å². The van der Waals surface area contributed by atoms with Crippen molar-refractivity contribution in [2.24, 2.45) is 0 Å². The Kier molecular flexibility index (Phi) is 3.41. The molecule has 0 spiro atoms. The van der Waals surface area contributed by atoms with Crippen LogP contribution in [0.1, 0.15) is 22.6 Å². The van der Waals surface area contributed by atoms with E-state index in [1.54, 1.807) is 0 Å². The highest BCUT2D eigenvalue weighted by atomic mass is 16.5. The second-order valence-electron chi connectivity index (χ2n) is 6.03. The van der Waals surface area contributed by atoms with E-state index in [1.165, 1.54) is 5.56 Å². The number of hydrogen-bond acceptors (Lipinski definition) is 4. The smallest absolute Gasteiger partial charge is 0.177 e. The number of aromatic nitrogens is 4. The number of imidazole rings is 1. The summed E-state index contributed by atoms with van der Waals surface area (Å²) in [6.45, 7) is 6.76. The molecule has 5 nitrogen and oxygen atoms in total. The lowest BCUT2D eigenvalue weighted by molar-refractivity contribution is 0.393. The average Bonchev–Trinajstić information content (AvgIpc) is 3.14. The summed E-state index contributed by atoms with van der Waals surface area (Å²) in [5.74, 6) is 0.811. The molecule has 0 fully saturated rings. The molecule has 0 radical (unpaired) electrons. The molecule has 3 heterocycles. The molecule has 0 atom stereocenters. The van der Waals surface area contributed by atoms with Crippen molar-refractivity contribution in [2.45, 2.75) is 27.3 Å². The highest BCUT2D eigenvalue weighted by Gasteiger charge is 2.18. The van der Waals surface area contributed by atoms with Gasteiger partial charge in [-0.05, 0) is 31.9 Å². The molecule has 4 aromatic rings. The lowest BCUT2D eigenvalue weighted by atomic mass is 10.0.